The van der Waals surface area contributed by atoms with Crippen molar-refractivity contribution >= 4 is 17.6 Å². The van der Waals surface area contributed by atoms with E-state index in [0.717, 1.165) is 17.5 Å². The van der Waals surface area contributed by atoms with Crippen molar-refractivity contribution < 1.29 is 14.7 Å². The second-order valence-electron chi connectivity index (χ2n) is 4.34. The van der Waals surface area contributed by atoms with Crippen LogP contribution in [0.3, 0.4) is 0 Å². The largest absolute Gasteiger partial charge is 0.480 e. The van der Waals surface area contributed by atoms with Crippen molar-refractivity contribution in [2.24, 2.45) is 16.1 Å². The molecule has 3 rings (SSSR count). The van der Waals surface area contributed by atoms with Crippen LogP contribution in [0, 0.1) is 5.92 Å². The molecular weight excluding hydrogens is 232 g/mol. The molecule has 1 N–H and O–H groups in total. The van der Waals surface area contributed by atoms with Crippen LogP contribution in [0.1, 0.15) is 17.5 Å². The second-order valence-corrected chi connectivity index (χ2v) is 4.34. The summed E-state index contributed by atoms with van der Waals surface area (Å²) >= 11 is 0. The van der Waals surface area contributed by atoms with E-state index in [1.807, 2.05) is 24.3 Å². The van der Waals surface area contributed by atoms with Crippen LogP contribution in [-0.4, -0.2) is 17.0 Å². The van der Waals surface area contributed by atoms with Crippen LogP contribution in [0.2, 0.25) is 0 Å². The van der Waals surface area contributed by atoms with E-state index >= 15 is 0 Å². The van der Waals surface area contributed by atoms with Crippen LogP contribution in [0.25, 0.3) is 5.70 Å². The molecule has 0 bridgehead atoms. The molecule has 2 aliphatic rings. The topological polar surface area (TPSA) is 79.1 Å². The number of aliphatic carboxylic acids is 1. The highest BCUT2D eigenvalue weighted by Gasteiger charge is 2.37. The quantitative estimate of drug-likeness (QED) is 0.765. The maximum atomic E-state index is 11.5. The van der Waals surface area contributed by atoms with Crippen molar-refractivity contribution in [3.8, 4) is 0 Å². The highest BCUT2D eigenvalue weighted by Crippen LogP contribution is 2.38. The predicted molar refractivity (Wildman–Crippen MR) is 62.7 cm³/mol. The molecule has 1 atom stereocenters. The number of carboxylic acids is 1. The van der Waals surface area contributed by atoms with Crippen LogP contribution >= 0.6 is 0 Å². The molecule has 0 spiro atoms. The van der Waals surface area contributed by atoms with Crippen molar-refractivity contribution in [3.05, 3.63) is 41.0 Å². The first-order chi connectivity index (χ1) is 8.68. The van der Waals surface area contributed by atoms with Gasteiger partial charge in [-0.2, -0.15) is 0 Å². The lowest BCUT2D eigenvalue weighted by atomic mass is 9.82. The Morgan fingerprint density at radius 3 is 2.78 bits per heavy atom. The Bertz CT molecular complexity index is 616. The molecule has 0 fully saturated rings. The number of azo groups is 1. The fraction of sp³-hybridized carbons (Fsp3) is 0.231. The summed E-state index contributed by atoms with van der Waals surface area (Å²) in [5.41, 5.74) is 3.15. The van der Waals surface area contributed by atoms with E-state index in [0.29, 0.717) is 17.7 Å². The molecule has 1 amide bonds. The number of carboxylic acid groups (broad SMARTS) is 1. The molecule has 1 aromatic carbocycles. The van der Waals surface area contributed by atoms with Gasteiger partial charge < -0.3 is 5.11 Å². The van der Waals surface area contributed by atoms with Gasteiger partial charge in [-0.15, -0.1) is 10.2 Å². The highest BCUT2D eigenvalue weighted by atomic mass is 16.4. The van der Waals surface area contributed by atoms with E-state index in [1.165, 1.54) is 0 Å². The van der Waals surface area contributed by atoms with Gasteiger partial charge in [0.1, 0.15) is 0 Å². The summed E-state index contributed by atoms with van der Waals surface area (Å²) in [5, 5.41) is 16.5. The summed E-state index contributed by atoms with van der Waals surface area (Å²) in [5.74, 6) is -2.99. The van der Waals surface area contributed by atoms with Gasteiger partial charge in [-0.1, -0.05) is 24.3 Å². The van der Waals surface area contributed by atoms with E-state index in [1.54, 1.807) is 0 Å². The molecule has 1 aliphatic carbocycles. The molecule has 5 heteroatoms. The molecule has 1 aromatic rings. The lowest BCUT2D eigenvalue weighted by Gasteiger charge is -2.25. The first-order valence-electron chi connectivity index (χ1n) is 5.68. The molecule has 1 unspecified atom stereocenters. The Balaban J connectivity index is 2.19. The fourth-order valence-electron chi connectivity index (χ4n) is 2.49. The minimum absolute atomic E-state index is 0.550. The summed E-state index contributed by atoms with van der Waals surface area (Å²) in [4.78, 5) is 22.7. The van der Waals surface area contributed by atoms with Crippen LogP contribution in [0.15, 0.2) is 40.1 Å². The van der Waals surface area contributed by atoms with Crippen LogP contribution < -0.4 is 0 Å². The van der Waals surface area contributed by atoms with E-state index in [2.05, 4.69) is 10.2 Å². The number of fused-ring (bicyclic) bond motifs is 2. The zero-order chi connectivity index (χ0) is 12.7. The molecule has 0 aromatic heterocycles. The van der Waals surface area contributed by atoms with Gasteiger partial charge >= 0.3 is 5.97 Å². The lowest BCUT2D eigenvalue weighted by molar-refractivity contribution is -0.144. The normalized spacial score (nSPS) is 21.6. The second kappa shape index (κ2) is 3.87. The number of aryl methyl sites for hydroxylation is 1. The van der Waals surface area contributed by atoms with Gasteiger partial charge in [-0.3, -0.25) is 9.59 Å². The van der Waals surface area contributed by atoms with Crippen molar-refractivity contribution in [1.82, 2.24) is 0 Å². The van der Waals surface area contributed by atoms with E-state index < -0.39 is 17.8 Å². The minimum Gasteiger partial charge on any atom is -0.480 e. The van der Waals surface area contributed by atoms with Crippen LogP contribution in [0.4, 0.5) is 0 Å². The SMILES string of the molecule is O=C(O)C1C(=O)N=NC2=C1CCc1ccccc12. The van der Waals surface area contributed by atoms with E-state index in [-0.39, 0.29) is 0 Å². The monoisotopic (exact) mass is 242 g/mol. The number of benzene rings is 1. The van der Waals surface area contributed by atoms with Gasteiger partial charge in [0.05, 0.1) is 5.70 Å². The Labute approximate surface area is 103 Å². The van der Waals surface area contributed by atoms with Crippen molar-refractivity contribution in [1.29, 1.82) is 0 Å². The molecular formula is C13H10N2O3. The fourth-order valence-corrected chi connectivity index (χ4v) is 2.49. The minimum atomic E-state index is -1.16. The summed E-state index contributed by atoms with van der Waals surface area (Å²) < 4.78 is 0. The maximum Gasteiger partial charge on any atom is 0.320 e. The number of amides is 1. The number of carbonyl (C=O) groups excluding carboxylic acids is 1. The molecule has 5 nitrogen and oxygen atoms in total. The van der Waals surface area contributed by atoms with E-state index in [4.69, 9.17) is 5.11 Å². The lowest BCUT2D eigenvalue weighted by Crippen LogP contribution is -2.28. The first-order valence-corrected chi connectivity index (χ1v) is 5.68. The molecule has 18 heavy (non-hydrogen) atoms. The molecule has 1 aliphatic heterocycles. The highest BCUT2D eigenvalue weighted by molar-refractivity contribution is 6.03. The van der Waals surface area contributed by atoms with Gasteiger partial charge in [-0.25, -0.2) is 0 Å². The van der Waals surface area contributed by atoms with E-state index in [9.17, 15) is 9.59 Å². The smallest absolute Gasteiger partial charge is 0.320 e. The summed E-state index contributed by atoms with van der Waals surface area (Å²) in [6, 6.07) is 7.68. The summed E-state index contributed by atoms with van der Waals surface area (Å²) in [6.45, 7) is 0. The number of hydrogen-bond donors (Lipinski definition) is 1. The predicted octanol–water partition coefficient (Wildman–Crippen LogP) is 2.04. The maximum absolute atomic E-state index is 11.5. The third-order valence-corrected chi connectivity index (χ3v) is 3.33. The molecule has 1 heterocycles. The average Bonchev–Trinajstić information content (AvgIpc) is 2.37. The number of rotatable bonds is 1. The summed E-state index contributed by atoms with van der Waals surface area (Å²) in [7, 11) is 0. The van der Waals surface area contributed by atoms with Gasteiger partial charge in [0.2, 0.25) is 0 Å². The number of hydrogen-bond acceptors (Lipinski definition) is 3. The summed E-state index contributed by atoms with van der Waals surface area (Å²) in [6.07, 6.45) is 1.29. The molecule has 0 radical (unpaired) electrons. The van der Waals surface area contributed by atoms with Crippen molar-refractivity contribution in [2.45, 2.75) is 12.8 Å². The third kappa shape index (κ3) is 1.48. The van der Waals surface area contributed by atoms with Crippen molar-refractivity contribution in [2.75, 3.05) is 0 Å². The Hall–Kier alpha value is -2.30. The number of carbonyl (C=O) groups is 2. The Morgan fingerprint density at radius 2 is 2.00 bits per heavy atom. The number of nitrogens with zero attached hydrogens (tertiary/aromatic N) is 2. The first kappa shape index (κ1) is 10.8. The zero-order valence-electron chi connectivity index (χ0n) is 9.46. The average molecular weight is 242 g/mol. The van der Waals surface area contributed by atoms with Gasteiger partial charge in [0.25, 0.3) is 5.91 Å². The standard InChI is InChI=1S/C13H10N2O3/c16-12-10(13(17)18)9-6-5-7-3-1-2-4-8(7)11(9)14-15-12/h1-4,10H,5-6H2,(H,17,18). The Kier molecular flexibility index (Phi) is 2.33. The molecule has 0 saturated carbocycles. The van der Waals surface area contributed by atoms with Crippen LogP contribution in [0.5, 0.6) is 0 Å². The van der Waals surface area contributed by atoms with Gasteiger partial charge in [0, 0.05) is 5.56 Å². The Morgan fingerprint density at radius 1 is 1.22 bits per heavy atom. The van der Waals surface area contributed by atoms with Crippen molar-refractivity contribution in [3.63, 3.8) is 0 Å². The molecule has 90 valence electrons. The van der Waals surface area contributed by atoms with Gasteiger partial charge in [-0.05, 0) is 24.0 Å². The zero-order valence-corrected chi connectivity index (χ0v) is 9.46. The van der Waals surface area contributed by atoms with Crippen LogP contribution in [-0.2, 0) is 16.0 Å². The molecule has 0 saturated heterocycles. The third-order valence-electron chi connectivity index (χ3n) is 3.33. The van der Waals surface area contributed by atoms with Gasteiger partial charge in [0.15, 0.2) is 5.92 Å².